The van der Waals surface area contributed by atoms with Crippen LogP contribution >= 0.6 is 0 Å². The van der Waals surface area contributed by atoms with Crippen molar-refractivity contribution in [2.75, 3.05) is 27.2 Å². The third-order valence-corrected chi connectivity index (χ3v) is 3.57. The summed E-state index contributed by atoms with van der Waals surface area (Å²) in [5.74, 6) is 0.808. The summed E-state index contributed by atoms with van der Waals surface area (Å²) >= 11 is 0. The number of hydrogen-bond acceptors (Lipinski definition) is 3. The molecule has 0 radical (unpaired) electrons. The molecular formula is C18H29FN4O2. The van der Waals surface area contributed by atoms with E-state index in [2.05, 4.69) is 22.5 Å². The van der Waals surface area contributed by atoms with Crippen LogP contribution in [0.1, 0.15) is 27.2 Å². The standard InChI is InChI=1S/C18H29FN4O2/c1-6-13(2)22-18(21-12-17(24)23(4)5)20-11-14(3)25-16-9-7-15(19)8-10-16/h7-10,13-14H,6,11-12H2,1-5H3,(H2,20,21,22). The van der Waals surface area contributed by atoms with Crippen molar-refractivity contribution in [1.82, 2.24) is 15.5 Å². The summed E-state index contributed by atoms with van der Waals surface area (Å²) in [4.78, 5) is 17.5. The molecule has 25 heavy (non-hydrogen) atoms. The van der Waals surface area contributed by atoms with Gasteiger partial charge < -0.3 is 20.3 Å². The number of ether oxygens (including phenoxy) is 1. The van der Waals surface area contributed by atoms with Gasteiger partial charge in [0.15, 0.2) is 5.96 Å². The molecule has 0 aliphatic heterocycles. The second-order valence-electron chi connectivity index (χ2n) is 6.17. The minimum Gasteiger partial charge on any atom is -0.489 e. The Morgan fingerprint density at radius 1 is 1.28 bits per heavy atom. The van der Waals surface area contributed by atoms with E-state index >= 15 is 0 Å². The molecule has 140 valence electrons. The molecule has 2 unspecified atom stereocenters. The minimum absolute atomic E-state index is 0.0686. The second kappa shape index (κ2) is 10.5. The lowest BCUT2D eigenvalue weighted by Crippen LogP contribution is -2.45. The van der Waals surface area contributed by atoms with E-state index < -0.39 is 0 Å². The highest BCUT2D eigenvalue weighted by molar-refractivity contribution is 5.84. The first-order valence-corrected chi connectivity index (χ1v) is 8.49. The molecule has 0 bridgehead atoms. The van der Waals surface area contributed by atoms with Gasteiger partial charge in [0.05, 0.1) is 6.54 Å². The molecule has 1 aromatic carbocycles. The number of guanidine groups is 1. The van der Waals surface area contributed by atoms with Gasteiger partial charge in [-0.3, -0.25) is 4.79 Å². The highest BCUT2D eigenvalue weighted by Crippen LogP contribution is 2.12. The van der Waals surface area contributed by atoms with Crippen molar-refractivity contribution in [3.8, 4) is 5.75 Å². The summed E-state index contributed by atoms with van der Waals surface area (Å²) in [5.41, 5.74) is 0. The molecule has 6 nitrogen and oxygen atoms in total. The number of carbonyl (C=O) groups excluding carboxylic acids is 1. The van der Waals surface area contributed by atoms with E-state index in [-0.39, 0.29) is 30.4 Å². The molecule has 2 atom stereocenters. The highest BCUT2D eigenvalue weighted by Gasteiger charge is 2.09. The number of nitrogens with one attached hydrogen (secondary N) is 2. The first-order chi connectivity index (χ1) is 11.8. The number of carbonyl (C=O) groups is 1. The van der Waals surface area contributed by atoms with Crippen LogP contribution in [-0.4, -0.2) is 56.1 Å². The van der Waals surface area contributed by atoms with Gasteiger partial charge in [-0.2, -0.15) is 0 Å². The van der Waals surface area contributed by atoms with E-state index in [0.717, 1.165) is 6.42 Å². The molecule has 0 aromatic heterocycles. The fourth-order valence-corrected chi connectivity index (χ4v) is 1.80. The zero-order valence-corrected chi connectivity index (χ0v) is 15.7. The van der Waals surface area contributed by atoms with E-state index in [1.165, 1.54) is 17.0 Å². The Hall–Kier alpha value is -2.31. The van der Waals surface area contributed by atoms with Gasteiger partial charge in [-0.15, -0.1) is 0 Å². The maximum atomic E-state index is 12.9. The van der Waals surface area contributed by atoms with Crippen LogP contribution in [0.2, 0.25) is 0 Å². The summed E-state index contributed by atoms with van der Waals surface area (Å²) in [5, 5.41) is 6.43. The second-order valence-corrected chi connectivity index (χ2v) is 6.17. The number of benzene rings is 1. The highest BCUT2D eigenvalue weighted by atomic mass is 19.1. The third-order valence-electron chi connectivity index (χ3n) is 3.57. The number of aliphatic imine (C=N–C) groups is 1. The predicted octanol–water partition coefficient (Wildman–Crippen LogP) is 2.01. The largest absolute Gasteiger partial charge is 0.489 e. The average Bonchev–Trinajstić information content (AvgIpc) is 2.58. The predicted molar refractivity (Wildman–Crippen MR) is 98.4 cm³/mol. The maximum absolute atomic E-state index is 12.9. The zero-order valence-electron chi connectivity index (χ0n) is 15.7. The van der Waals surface area contributed by atoms with Gasteiger partial charge in [-0.05, 0) is 44.5 Å². The lowest BCUT2D eigenvalue weighted by atomic mass is 10.3. The number of likely N-dealkylation sites (N-methyl/N-ethyl adjacent to an activating group) is 1. The molecule has 1 aromatic rings. The van der Waals surface area contributed by atoms with Gasteiger partial charge in [-0.1, -0.05) is 6.92 Å². The first kappa shape index (κ1) is 20.7. The molecular weight excluding hydrogens is 323 g/mol. The summed E-state index contributed by atoms with van der Waals surface area (Å²) in [6, 6.07) is 6.13. The van der Waals surface area contributed by atoms with Gasteiger partial charge >= 0.3 is 0 Å². The van der Waals surface area contributed by atoms with Crippen LogP contribution in [-0.2, 0) is 4.79 Å². The van der Waals surface area contributed by atoms with Crippen LogP contribution in [0.3, 0.4) is 0 Å². The number of amides is 1. The monoisotopic (exact) mass is 352 g/mol. The Kier molecular flexibility index (Phi) is 8.74. The normalized spacial score (nSPS) is 13.8. The molecule has 0 spiro atoms. The molecule has 1 amide bonds. The van der Waals surface area contributed by atoms with E-state index in [1.807, 2.05) is 13.8 Å². The Morgan fingerprint density at radius 3 is 2.48 bits per heavy atom. The minimum atomic E-state index is -0.295. The SMILES string of the molecule is CCC(C)NC(=NCC(=O)N(C)C)NCC(C)Oc1ccc(F)cc1. The molecule has 0 aliphatic rings. The van der Waals surface area contributed by atoms with Crippen molar-refractivity contribution < 1.29 is 13.9 Å². The van der Waals surface area contributed by atoms with Crippen molar-refractivity contribution in [3.05, 3.63) is 30.1 Å². The first-order valence-electron chi connectivity index (χ1n) is 8.49. The zero-order chi connectivity index (χ0) is 18.8. The van der Waals surface area contributed by atoms with Crippen LogP contribution in [0.4, 0.5) is 4.39 Å². The van der Waals surface area contributed by atoms with E-state index in [9.17, 15) is 9.18 Å². The van der Waals surface area contributed by atoms with Gasteiger partial charge in [0, 0.05) is 20.1 Å². The van der Waals surface area contributed by atoms with Gasteiger partial charge in [0.2, 0.25) is 5.91 Å². The molecule has 0 heterocycles. The van der Waals surface area contributed by atoms with E-state index in [4.69, 9.17) is 4.74 Å². The number of halogens is 1. The summed E-state index contributed by atoms with van der Waals surface area (Å²) < 4.78 is 18.6. The Balaban J connectivity index is 2.58. The molecule has 7 heteroatoms. The van der Waals surface area contributed by atoms with Crippen molar-refractivity contribution in [3.63, 3.8) is 0 Å². The van der Waals surface area contributed by atoms with Crippen LogP contribution in [0.15, 0.2) is 29.3 Å². The van der Waals surface area contributed by atoms with Crippen LogP contribution in [0.25, 0.3) is 0 Å². The van der Waals surface area contributed by atoms with E-state index in [1.54, 1.807) is 26.2 Å². The van der Waals surface area contributed by atoms with E-state index in [0.29, 0.717) is 18.3 Å². The van der Waals surface area contributed by atoms with Crippen molar-refractivity contribution in [2.24, 2.45) is 4.99 Å². The third kappa shape index (κ3) is 8.37. The molecule has 0 aliphatic carbocycles. The lowest BCUT2D eigenvalue weighted by Gasteiger charge is -2.20. The van der Waals surface area contributed by atoms with Crippen molar-refractivity contribution >= 4 is 11.9 Å². The molecule has 0 saturated heterocycles. The number of nitrogens with zero attached hydrogens (tertiary/aromatic N) is 2. The molecule has 0 saturated carbocycles. The fraction of sp³-hybridized carbons (Fsp3) is 0.556. The summed E-state index contributed by atoms with van der Waals surface area (Å²) in [7, 11) is 3.40. The maximum Gasteiger partial charge on any atom is 0.243 e. The van der Waals surface area contributed by atoms with Crippen LogP contribution in [0, 0.1) is 5.82 Å². The Morgan fingerprint density at radius 2 is 1.92 bits per heavy atom. The van der Waals surface area contributed by atoms with Gasteiger partial charge in [-0.25, -0.2) is 9.38 Å². The van der Waals surface area contributed by atoms with Crippen LogP contribution < -0.4 is 15.4 Å². The van der Waals surface area contributed by atoms with Gasteiger partial charge in [0.25, 0.3) is 0 Å². The summed E-state index contributed by atoms with van der Waals surface area (Å²) in [6.07, 6.45) is 0.781. The van der Waals surface area contributed by atoms with Gasteiger partial charge in [0.1, 0.15) is 24.2 Å². The Bertz CT molecular complexity index is 561. The smallest absolute Gasteiger partial charge is 0.243 e. The summed E-state index contributed by atoms with van der Waals surface area (Å²) in [6.45, 7) is 6.59. The molecule has 1 rings (SSSR count). The quantitative estimate of drug-likeness (QED) is 0.555. The number of hydrogen-bond donors (Lipinski definition) is 2. The van der Waals surface area contributed by atoms with Crippen molar-refractivity contribution in [2.45, 2.75) is 39.3 Å². The molecule has 2 N–H and O–H groups in total. The topological polar surface area (TPSA) is 66.0 Å². The molecule has 0 fully saturated rings. The van der Waals surface area contributed by atoms with Crippen molar-refractivity contribution in [1.29, 1.82) is 0 Å². The average molecular weight is 352 g/mol. The number of rotatable bonds is 8. The van der Waals surface area contributed by atoms with Crippen LogP contribution in [0.5, 0.6) is 5.75 Å². The lowest BCUT2D eigenvalue weighted by molar-refractivity contribution is -0.127. The Labute approximate surface area is 149 Å². The fourth-order valence-electron chi connectivity index (χ4n) is 1.80.